The van der Waals surface area contributed by atoms with Crippen LogP contribution in [0.5, 0.6) is 0 Å². The Hall–Kier alpha value is -3.60. The lowest BCUT2D eigenvalue weighted by molar-refractivity contribution is -0.0602. The molecular weight excluding hydrogens is 412 g/mol. The third-order valence-electron chi connectivity index (χ3n) is 6.44. The molecule has 5 heteroatoms. The average Bonchev–Trinajstić information content (AvgIpc) is 2.81. The number of benzene rings is 2. The van der Waals surface area contributed by atoms with Crippen molar-refractivity contribution in [3.63, 3.8) is 0 Å². The first-order valence-corrected chi connectivity index (χ1v) is 11.3. The number of carbonyl (C=O) groups is 1. The number of ether oxygens (including phenoxy) is 1. The van der Waals surface area contributed by atoms with Gasteiger partial charge in [0.15, 0.2) is 0 Å². The summed E-state index contributed by atoms with van der Waals surface area (Å²) in [5.41, 5.74) is 4.32. The van der Waals surface area contributed by atoms with Crippen LogP contribution in [-0.2, 0) is 17.4 Å². The Kier molecular flexibility index (Phi) is 6.23. The van der Waals surface area contributed by atoms with Gasteiger partial charge < -0.3 is 14.2 Å². The second-order valence-corrected chi connectivity index (χ2v) is 8.97. The summed E-state index contributed by atoms with van der Waals surface area (Å²) in [4.78, 5) is 26.6. The van der Waals surface area contributed by atoms with Crippen LogP contribution < -0.4 is 5.56 Å². The van der Waals surface area contributed by atoms with Gasteiger partial charge in [-0.25, -0.2) is 4.79 Å². The summed E-state index contributed by atoms with van der Waals surface area (Å²) in [5, 5.41) is 0. The molecule has 0 bridgehead atoms. The summed E-state index contributed by atoms with van der Waals surface area (Å²) >= 11 is 0. The molecule has 1 fully saturated rings. The van der Waals surface area contributed by atoms with Crippen LogP contribution >= 0.6 is 0 Å². The molecule has 1 aliphatic rings. The Labute approximate surface area is 194 Å². The van der Waals surface area contributed by atoms with E-state index < -0.39 is 5.60 Å². The zero-order valence-corrected chi connectivity index (χ0v) is 19.5. The van der Waals surface area contributed by atoms with Crippen LogP contribution in [0.15, 0.2) is 89.9 Å². The van der Waals surface area contributed by atoms with Crippen molar-refractivity contribution in [1.29, 1.82) is 0 Å². The summed E-state index contributed by atoms with van der Waals surface area (Å²) in [6.07, 6.45) is 2.84. The number of hydrogen-bond donors (Lipinski definition) is 0. The van der Waals surface area contributed by atoms with E-state index in [4.69, 9.17) is 4.74 Å². The molecule has 5 nitrogen and oxygen atoms in total. The number of cyclic esters (lactones) is 1. The molecule has 0 radical (unpaired) electrons. The van der Waals surface area contributed by atoms with Crippen LogP contribution in [-0.4, -0.2) is 22.1 Å². The van der Waals surface area contributed by atoms with Crippen molar-refractivity contribution in [3.05, 3.63) is 107 Å². The minimum absolute atomic E-state index is 0.0363. The standard InChI is InChI=1S/C28H30N2O3/c1-20(2)18-28(25-8-6-5-7-9-25)16-17-30(27(32)33-28)21(3)22-10-12-23(13-11-22)24-14-15-26(31)29(4)19-24/h5-15,19,21H,1,16-18H2,2-4H3/t21?,28-/m0/s1. The van der Waals surface area contributed by atoms with Crippen molar-refractivity contribution in [1.82, 2.24) is 9.47 Å². The predicted molar refractivity (Wildman–Crippen MR) is 131 cm³/mol. The highest BCUT2D eigenvalue weighted by Crippen LogP contribution is 2.41. The Morgan fingerprint density at radius 3 is 2.30 bits per heavy atom. The lowest BCUT2D eigenvalue weighted by Gasteiger charge is -2.43. The number of aromatic nitrogens is 1. The van der Waals surface area contributed by atoms with Crippen molar-refractivity contribution < 1.29 is 9.53 Å². The molecule has 1 aliphatic heterocycles. The molecule has 33 heavy (non-hydrogen) atoms. The molecule has 4 rings (SSSR count). The van der Waals surface area contributed by atoms with Crippen molar-refractivity contribution in [3.8, 4) is 11.1 Å². The lowest BCUT2D eigenvalue weighted by Crippen LogP contribution is -2.48. The number of carbonyl (C=O) groups excluding carboxylic acids is 1. The van der Waals surface area contributed by atoms with Crippen LogP contribution in [0.2, 0.25) is 0 Å². The zero-order valence-electron chi connectivity index (χ0n) is 19.5. The van der Waals surface area contributed by atoms with Gasteiger partial charge in [-0.3, -0.25) is 4.79 Å². The molecule has 0 spiro atoms. The van der Waals surface area contributed by atoms with Gasteiger partial charge in [0.1, 0.15) is 5.60 Å². The first-order valence-electron chi connectivity index (χ1n) is 11.3. The van der Waals surface area contributed by atoms with Crippen LogP contribution in [0.4, 0.5) is 4.79 Å². The van der Waals surface area contributed by atoms with Crippen molar-refractivity contribution in [2.24, 2.45) is 7.05 Å². The van der Waals surface area contributed by atoms with E-state index in [1.54, 1.807) is 22.6 Å². The topological polar surface area (TPSA) is 51.5 Å². The average molecular weight is 443 g/mol. The molecule has 1 saturated heterocycles. The Morgan fingerprint density at radius 1 is 1.03 bits per heavy atom. The van der Waals surface area contributed by atoms with E-state index in [1.165, 1.54) is 0 Å². The largest absolute Gasteiger partial charge is 0.437 e. The van der Waals surface area contributed by atoms with Crippen LogP contribution in [0.1, 0.15) is 43.9 Å². The molecule has 2 heterocycles. The summed E-state index contributed by atoms with van der Waals surface area (Å²) < 4.78 is 7.71. The van der Waals surface area contributed by atoms with E-state index >= 15 is 0 Å². The number of rotatable bonds is 6. The second kappa shape index (κ2) is 9.10. The number of pyridine rings is 1. The van der Waals surface area contributed by atoms with Crippen LogP contribution in [0, 0.1) is 0 Å². The van der Waals surface area contributed by atoms with Gasteiger partial charge in [0, 0.05) is 38.7 Å². The van der Waals surface area contributed by atoms with E-state index in [1.807, 2.05) is 80.7 Å². The Balaban J connectivity index is 1.53. The van der Waals surface area contributed by atoms with E-state index in [-0.39, 0.29) is 17.7 Å². The SMILES string of the molecule is C=C(C)C[C@]1(c2ccccc2)CCN(C(C)c2ccc(-c3ccc(=O)n(C)c3)cc2)C(=O)O1. The summed E-state index contributed by atoms with van der Waals surface area (Å²) in [7, 11) is 1.74. The van der Waals surface area contributed by atoms with Gasteiger partial charge in [0.2, 0.25) is 5.56 Å². The van der Waals surface area contributed by atoms with E-state index in [0.717, 1.165) is 27.8 Å². The van der Waals surface area contributed by atoms with Gasteiger partial charge in [0.25, 0.3) is 0 Å². The minimum atomic E-state index is -0.673. The molecule has 1 amide bonds. The third-order valence-corrected chi connectivity index (χ3v) is 6.44. The second-order valence-electron chi connectivity index (χ2n) is 8.97. The molecule has 170 valence electrons. The maximum Gasteiger partial charge on any atom is 0.411 e. The minimum Gasteiger partial charge on any atom is -0.437 e. The number of hydrogen-bond acceptors (Lipinski definition) is 3. The van der Waals surface area contributed by atoms with Crippen molar-refractivity contribution in [2.45, 2.75) is 38.3 Å². The maximum absolute atomic E-state index is 13.2. The molecule has 1 unspecified atom stereocenters. The first kappa shape index (κ1) is 22.6. The van der Waals surface area contributed by atoms with Gasteiger partial charge in [-0.15, -0.1) is 0 Å². The van der Waals surface area contributed by atoms with Crippen molar-refractivity contribution in [2.75, 3.05) is 6.54 Å². The number of aryl methyl sites for hydroxylation is 1. The van der Waals surface area contributed by atoms with Crippen LogP contribution in [0.25, 0.3) is 11.1 Å². The summed E-state index contributed by atoms with van der Waals surface area (Å²) in [6.45, 7) is 8.66. The van der Waals surface area contributed by atoms with Crippen LogP contribution in [0.3, 0.4) is 0 Å². The van der Waals surface area contributed by atoms with E-state index in [2.05, 4.69) is 6.58 Å². The Bertz CT molecular complexity index is 1210. The zero-order chi connectivity index (χ0) is 23.6. The number of amides is 1. The van der Waals surface area contributed by atoms with Gasteiger partial charge in [0.05, 0.1) is 6.04 Å². The fraction of sp³-hybridized carbons (Fsp3) is 0.286. The molecule has 2 atom stereocenters. The molecule has 0 aliphatic carbocycles. The highest BCUT2D eigenvalue weighted by molar-refractivity contribution is 5.70. The van der Waals surface area contributed by atoms with E-state index in [0.29, 0.717) is 19.4 Å². The molecule has 2 aromatic carbocycles. The molecule has 1 aromatic heterocycles. The third kappa shape index (κ3) is 4.63. The monoisotopic (exact) mass is 442 g/mol. The Morgan fingerprint density at radius 2 is 1.70 bits per heavy atom. The lowest BCUT2D eigenvalue weighted by atomic mass is 9.83. The van der Waals surface area contributed by atoms with Gasteiger partial charge in [-0.1, -0.05) is 66.7 Å². The highest BCUT2D eigenvalue weighted by Gasteiger charge is 2.43. The smallest absolute Gasteiger partial charge is 0.411 e. The molecular formula is C28H30N2O3. The highest BCUT2D eigenvalue weighted by atomic mass is 16.6. The fourth-order valence-corrected chi connectivity index (χ4v) is 4.58. The normalized spacial score (nSPS) is 19.1. The first-order chi connectivity index (χ1) is 15.8. The molecule has 3 aromatic rings. The number of nitrogens with zero attached hydrogens (tertiary/aromatic N) is 2. The molecule has 0 N–H and O–H groups in total. The molecule has 0 saturated carbocycles. The van der Waals surface area contributed by atoms with Gasteiger partial charge in [-0.2, -0.15) is 0 Å². The fourth-order valence-electron chi connectivity index (χ4n) is 4.58. The quantitative estimate of drug-likeness (QED) is 0.452. The van der Waals surface area contributed by atoms with Gasteiger partial charge >= 0.3 is 6.09 Å². The summed E-state index contributed by atoms with van der Waals surface area (Å²) in [6, 6.07) is 21.4. The van der Waals surface area contributed by atoms with Crippen molar-refractivity contribution >= 4 is 6.09 Å². The summed E-state index contributed by atoms with van der Waals surface area (Å²) in [5.74, 6) is 0. The van der Waals surface area contributed by atoms with E-state index in [9.17, 15) is 9.59 Å². The van der Waals surface area contributed by atoms with Gasteiger partial charge in [-0.05, 0) is 42.2 Å². The predicted octanol–water partition coefficient (Wildman–Crippen LogP) is 5.82. The maximum atomic E-state index is 13.2.